The second-order valence-electron chi connectivity index (χ2n) is 14.9. The van der Waals surface area contributed by atoms with E-state index in [4.69, 9.17) is 11.5 Å². The Morgan fingerprint density at radius 2 is 1.34 bits per heavy atom. The quantitative estimate of drug-likeness (QED) is 0.0628. The number of nitrogens with zero attached hydrogens (tertiary/aromatic N) is 1. The average Bonchev–Trinajstić information content (AvgIpc) is 3.64. The van der Waals surface area contributed by atoms with E-state index in [1.165, 1.54) is 11.8 Å². The maximum absolute atomic E-state index is 13.6. The molecule has 0 bridgehead atoms. The largest absolute Gasteiger partial charge is 0.481 e. The van der Waals surface area contributed by atoms with Crippen molar-refractivity contribution in [2.24, 2.45) is 23.3 Å². The van der Waals surface area contributed by atoms with Crippen LogP contribution in [-0.2, 0) is 44.8 Å². The number of likely N-dealkylation sites (tertiary alicyclic amines) is 1. The van der Waals surface area contributed by atoms with Crippen molar-refractivity contribution in [1.29, 1.82) is 0 Å². The molecule has 6 amide bonds. The molecular weight excluding hydrogens is 728 g/mol. The molecule has 56 heavy (non-hydrogen) atoms. The number of hydrogen-bond acceptors (Lipinski definition) is 10. The van der Waals surface area contributed by atoms with Crippen molar-refractivity contribution in [3.63, 3.8) is 0 Å². The van der Waals surface area contributed by atoms with Gasteiger partial charge in [0.1, 0.15) is 36.3 Å². The van der Waals surface area contributed by atoms with Crippen molar-refractivity contribution in [2.75, 3.05) is 13.1 Å². The van der Waals surface area contributed by atoms with Crippen LogP contribution in [0.4, 0.5) is 0 Å². The number of carbonyl (C=O) groups excluding carboxylic acids is 6. The highest BCUT2D eigenvalue weighted by Crippen LogP contribution is 2.20. The number of hydrogen-bond donors (Lipinski definition) is 9. The van der Waals surface area contributed by atoms with Gasteiger partial charge in [-0.1, -0.05) is 64.4 Å². The minimum Gasteiger partial charge on any atom is -0.481 e. The second-order valence-corrected chi connectivity index (χ2v) is 14.9. The molecule has 1 saturated heterocycles. The predicted molar refractivity (Wildman–Crippen MR) is 205 cm³/mol. The number of carboxylic acid groups (broad SMARTS) is 2. The first-order valence-electron chi connectivity index (χ1n) is 19.1. The maximum Gasteiger partial charge on any atom is 0.326 e. The fraction of sp³-hybridized carbons (Fsp3) is 0.632. The van der Waals surface area contributed by atoms with Crippen LogP contribution in [0.5, 0.6) is 0 Å². The number of carboxylic acids is 2. The minimum atomic E-state index is -1.45. The fourth-order valence-electron chi connectivity index (χ4n) is 6.23. The predicted octanol–water partition coefficient (Wildman–Crippen LogP) is -0.618. The van der Waals surface area contributed by atoms with Gasteiger partial charge in [-0.25, -0.2) is 4.79 Å². The molecule has 0 spiro atoms. The first kappa shape index (κ1) is 47.1. The lowest BCUT2D eigenvalue weighted by atomic mass is 9.99. The Bertz CT molecular complexity index is 1520. The highest BCUT2D eigenvalue weighted by atomic mass is 16.4. The second kappa shape index (κ2) is 23.1. The Hall–Kier alpha value is -5.10. The van der Waals surface area contributed by atoms with Crippen molar-refractivity contribution in [3.05, 3.63) is 35.9 Å². The van der Waals surface area contributed by atoms with Crippen molar-refractivity contribution in [1.82, 2.24) is 31.5 Å². The van der Waals surface area contributed by atoms with Gasteiger partial charge in [0.15, 0.2) is 0 Å². The van der Waals surface area contributed by atoms with E-state index in [2.05, 4.69) is 26.6 Å². The Kier molecular flexibility index (Phi) is 19.4. The lowest BCUT2D eigenvalue weighted by Gasteiger charge is -2.31. The Balaban J connectivity index is 2.10. The van der Waals surface area contributed by atoms with Crippen LogP contribution in [0.3, 0.4) is 0 Å². The molecule has 11 N–H and O–H groups in total. The number of benzene rings is 1. The molecule has 2 rings (SSSR count). The van der Waals surface area contributed by atoms with Gasteiger partial charge in [-0.3, -0.25) is 33.6 Å². The Morgan fingerprint density at radius 3 is 1.91 bits per heavy atom. The highest BCUT2D eigenvalue weighted by Gasteiger charge is 2.39. The molecule has 0 unspecified atom stereocenters. The fourth-order valence-corrected chi connectivity index (χ4v) is 6.23. The van der Waals surface area contributed by atoms with Crippen LogP contribution in [0.15, 0.2) is 30.3 Å². The molecule has 18 nitrogen and oxygen atoms in total. The SMILES string of the molecule is CC(C)[C@H](NC(=O)[C@@H](NC(=O)[C@@H]1CCCN1C(=O)[C@@H](N)CCCCN)C(C)C)C(=O)N[C@@H](C)C(=O)N[C@@H](CCC(=O)O)C(=O)N[C@@H](Cc1ccccc1)C(=O)O. The summed E-state index contributed by atoms with van der Waals surface area (Å²) in [5.74, 6) is -7.58. The standard InChI is InChI=1S/C38H60N8O10/c1-21(2)30(45-36(53)31(22(3)4)44-34(51)28-15-11-19-46(28)37(54)25(40)14-9-10-18-39)35(52)41-23(5)32(49)42-26(16-17-29(47)48)33(50)43-27(38(55)56)20-24-12-7-6-8-13-24/h6-8,12-13,21-23,25-28,30-31H,9-11,14-20,39-40H2,1-5H3,(H,41,52)(H,42,49)(H,43,50)(H,44,51)(H,45,53)(H,47,48)(H,55,56)/t23-,25-,26-,27-,28-,30-,31-/m0/s1. The molecule has 7 atom stereocenters. The summed E-state index contributed by atoms with van der Waals surface area (Å²) in [6.07, 6.45) is 1.84. The molecule has 1 aromatic carbocycles. The summed E-state index contributed by atoms with van der Waals surface area (Å²) in [4.78, 5) is 105. The summed E-state index contributed by atoms with van der Waals surface area (Å²) < 4.78 is 0. The zero-order chi connectivity index (χ0) is 42.1. The van der Waals surface area contributed by atoms with Crippen molar-refractivity contribution < 1.29 is 48.6 Å². The smallest absolute Gasteiger partial charge is 0.326 e. The molecule has 1 fully saturated rings. The molecule has 1 aliphatic heterocycles. The van der Waals surface area contributed by atoms with Crippen molar-refractivity contribution in [3.8, 4) is 0 Å². The molecule has 18 heteroatoms. The summed E-state index contributed by atoms with van der Waals surface area (Å²) in [5, 5.41) is 31.7. The van der Waals surface area contributed by atoms with Gasteiger partial charge in [-0.2, -0.15) is 0 Å². The van der Waals surface area contributed by atoms with E-state index >= 15 is 0 Å². The average molecular weight is 789 g/mol. The van der Waals surface area contributed by atoms with E-state index in [1.807, 2.05) is 0 Å². The maximum atomic E-state index is 13.6. The van der Waals surface area contributed by atoms with Gasteiger partial charge >= 0.3 is 11.9 Å². The number of amides is 6. The van der Waals surface area contributed by atoms with Crippen LogP contribution in [0.2, 0.25) is 0 Å². The van der Waals surface area contributed by atoms with E-state index in [9.17, 15) is 48.6 Å². The molecule has 312 valence electrons. The third-order valence-electron chi connectivity index (χ3n) is 9.55. The van der Waals surface area contributed by atoms with Gasteiger partial charge in [-0.05, 0) is 63.0 Å². The minimum absolute atomic E-state index is 0.0685. The van der Waals surface area contributed by atoms with E-state index < -0.39 is 102 Å². The number of nitrogens with one attached hydrogen (secondary N) is 5. The number of nitrogens with two attached hydrogens (primary N) is 2. The summed E-state index contributed by atoms with van der Waals surface area (Å²) >= 11 is 0. The monoisotopic (exact) mass is 788 g/mol. The molecule has 0 aromatic heterocycles. The zero-order valence-corrected chi connectivity index (χ0v) is 32.9. The van der Waals surface area contributed by atoms with Crippen molar-refractivity contribution >= 4 is 47.4 Å². The summed E-state index contributed by atoms with van der Waals surface area (Å²) in [5.41, 5.74) is 12.3. The van der Waals surface area contributed by atoms with Gasteiger partial charge < -0.3 is 53.2 Å². The number of carbonyl (C=O) groups is 8. The molecule has 1 aromatic rings. The van der Waals surface area contributed by atoms with Gasteiger partial charge in [0.05, 0.1) is 6.04 Å². The molecule has 1 heterocycles. The number of rotatable bonds is 23. The first-order chi connectivity index (χ1) is 26.4. The van der Waals surface area contributed by atoms with Gasteiger partial charge in [0, 0.05) is 19.4 Å². The van der Waals surface area contributed by atoms with Crippen LogP contribution in [-0.4, -0.2) is 118 Å². The van der Waals surface area contributed by atoms with E-state index in [1.54, 1.807) is 58.0 Å². The van der Waals surface area contributed by atoms with Gasteiger partial charge in [-0.15, -0.1) is 0 Å². The van der Waals surface area contributed by atoms with E-state index in [-0.39, 0.29) is 18.7 Å². The number of unbranched alkanes of at least 4 members (excludes halogenated alkanes) is 1. The Labute approximate surface area is 327 Å². The van der Waals surface area contributed by atoms with Gasteiger partial charge in [0.25, 0.3) is 0 Å². The van der Waals surface area contributed by atoms with Crippen LogP contribution in [0, 0.1) is 11.8 Å². The van der Waals surface area contributed by atoms with Crippen LogP contribution >= 0.6 is 0 Å². The van der Waals surface area contributed by atoms with Crippen LogP contribution < -0.4 is 38.1 Å². The molecule has 0 saturated carbocycles. The Morgan fingerprint density at radius 1 is 0.750 bits per heavy atom. The summed E-state index contributed by atoms with van der Waals surface area (Å²) in [6, 6.07) is 0.541. The lowest BCUT2D eigenvalue weighted by molar-refractivity contribution is -0.143. The zero-order valence-electron chi connectivity index (χ0n) is 32.9. The van der Waals surface area contributed by atoms with E-state index in [0.717, 1.165) is 6.42 Å². The third-order valence-corrected chi connectivity index (χ3v) is 9.55. The first-order valence-corrected chi connectivity index (χ1v) is 19.1. The molecular formula is C38H60N8O10. The summed E-state index contributed by atoms with van der Waals surface area (Å²) in [6.45, 7) is 8.91. The molecule has 1 aliphatic rings. The normalized spacial score (nSPS) is 17.2. The van der Waals surface area contributed by atoms with E-state index in [0.29, 0.717) is 44.3 Å². The topological polar surface area (TPSA) is 292 Å². The van der Waals surface area contributed by atoms with Crippen LogP contribution in [0.1, 0.15) is 85.1 Å². The summed E-state index contributed by atoms with van der Waals surface area (Å²) in [7, 11) is 0. The highest BCUT2D eigenvalue weighted by molar-refractivity contribution is 5.97. The number of aliphatic carboxylic acids is 2. The molecule has 0 aliphatic carbocycles. The van der Waals surface area contributed by atoms with Crippen molar-refractivity contribution in [2.45, 2.75) is 128 Å². The lowest BCUT2D eigenvalue weighted by Crippen LogP contribution is -2.61. The molecule has 0 radical (unpaired) electrons. The van der Waals surface area contributed by atoms with Gasteiger partial charge in [0.2, 0.25) is 35.4 Å². The third kappa shape index (κ3) is 14.9. The van der Waals surface area contributed by atoms with Crippen LogP contribution in [0.25, 0.3) is 0 Å².